The van der Waals surface area contributed by atoms with Crippen LogP contribution >= 0.6 is 15.9 Å². The number of para-hydroxylation sites is 1. The van der Waals surface area contributed by atoms with Crippen LogP contribution in [0.5, 0.6) is 5.75 Å². The number of fused-ring (bicyclic) bond motifs is 1. The van der Waals surface area contributed by atoms with Gasteiger partial charge in [0.15, 0.2) is 0 Å². The van der Waals surface area contributed by atoms with Gasteiger partial charge in [-0.1, -0.05) is 18.2 Å². The third-order valence-corrected chi connectivity index (χ3v) is 3.91. The van der Waals surface area contributed by atoms with E-state index in [1.165, 1.54) is 0 Å². The highest BCUT2D eigenvalue weighted by molar-refractivity contribution is 9.10. The van der Waals surface area contributed by atoms with E-state index in [0.717, 1.165) is 15.4 Å². The van der Waals surface area contributed by atoms with E-state index in [0.29, 0.717) is 17.0 Å². The maximum Gasteiger partial charge on any atom is 0.255 e. The van der Waals surface area contributed by atoms with Crippen molar-refractivity contribution in [2.24, 2.45) is 0 Å². The van der Waals surface area contributed by atoms with Crippen LogP contribution in [0.25, 0.3) is 10.9 Å². The van der Waals surface area contributed by atoms with Gasteiger partial charge in [-0.25, -0.2) is 0 Å². The van der Waals surface area contributed by atoms with Gasteiger partial charge in [0.25, 0.3) is 5.91 Å². The monoisotopic (exact) mass is 356 g/mol. The van der Waals surface area contributed by atoms with Gasteiger partial charge in [0, 0.05) is 17.1 Å². The lowest BCUT2D eigenvalue weighted by Gasteiger charge is -2.09. The lowest BCUT2D eigenvalue weighted by atomic mass is 10.1. The standard InChI is InChI=1S/C17H13BrN2O2/c1-22-15-8-7-12(10-13(15)18)17(21)20-14-6-2-4-11-5-3-9-19-16(11)14/h2-10H,1H3,(H,20,21). The number of aromatic nitrogens is 1. The molecule has 0 unspecified atom stereocenters. The van der Waals surface area contributed by atoms with Crippen molar-refractivity contribution in [3.63, 3.8) is 0 Å². The zero-order chi connectivity index (χ0) is 15.5. The smallest absolute Gasteiger partial charge is 0.255 e. The molecule has 4 nitrogen and oxygen atoms in total. The molecule has 22 heavy (non-hydrogen) atoms. The lowest BCUT2D eigenvalue weighted by molar-refractivity contribution is 0.102. The number of carbonyl (C=O) groups excluding carboxylic acids is 1. The van der Waals surface area contributed by atoms with Gasteiger partial charge in [-0.3, -0.25) is 9.78 Å². The summed E-state index contributed by atoms with van der Waals surface area (Å²) in [5, 5.41) is 3.89. The van der Waals surface area contributed by atoms with Gasteiger partial charge in [0.05, 0.1) is 22.8 Å². The first-order chi connectivity index (χ1) is 10.7. The molecule has 0 aliphatic rings. The van der Waals surface area contributed by atoms with E-state index in [-0.39, 0.29) is 5.91 Å². The normalized spacial score (nSPS) is 10.5. The van der Waals surface area contributed by atoms with Gasteiger partial charge in [-0.2, -0.15) is 0 Å². The topological polar surface area (TPSA) is 51.2 Å². The largest absolute Gasteiger partial charge is 0.496 e. The molecule has 0 spiro atoms. The number of methoxy groups -OCH3 is 1. The average molecular weight is 357 g/mol. The van der Waals surface area contributed by atoms with E-state index in [9.17, 15) is 4.79 Å². The molecule has 3 aromatic rings. The SMILES string of the molecule is COc1ccc(C(=O)Nc2cccc3cccnc23)cc1Br. The van der Waals surface area contributed by atoms with Crippen molar-refractivity contribution in [2.45, 2.75) is 0 Å². The van der Waals surface area contributed by atoms with E-state index >= 15 is 0 Å². The highest BCUT2D eigenvalue weighted by atomic mass is 79.9. The second kappa shape index (κ2) is 6.15. The summed E-state index contributed by atoms with van der Waals surface area (Å²) in [7, 11) is 1.58. The van der Waals surface area contributed by atoms with Crippen LogP contribution < -0.4 is 10.1 Å². The minimum Gasteiger partial charge on any atom is -0.496 e. The van der Waals surface area contributed by atoms with Crippen LogP contribution in [0.4, 0.5) is 5.69 Å². The third kappa shape index (κ3) is 2.80. The summed E-state index contributed by atoms with van der Waals surface area (Å²) < 4.78 is 5.90. The Morgan fingerprint density at radius 3 is 2.77 bits per heavy atom. The molecule has 1 heterocycles. The molecule has 0 saturated heterocycles. The highest BCUT2D eigenvalue weighted by Crippen LogP contribution is 2.26. The molecule has 0 aliphatic carbocycles. The van der Waals surface area contributed by atoms with Crippen molar-refractivity contribution >= 4 is 38.4 Å². The minimum atomic E-state index is -0.193. The Hall–Kier alpha value is -2.40. The number of anilines is 1. The van der Waals surface area contributed by atoms with Crippen LogP contribution in [0.15, 0.2) is 59.2 Å². The molecule has 0 bridgehead atoms. The van der Waals surface area contributed by atoms with Crippen molar-refractivity contribution in [1.29, 1.82) is 0 Å². The first-order valence-corrected chi connectivity index (χ1v) is 7.47. The van der Waals surface area contributed by atoms with Crippen molar-refractivity contribution in [3.05, 3.63) is 64.8 Å². The minimum absolute atomic E-state index is 0.193. The number of carbonyl (C=O) groups is 1. The lowest BCUT2D eigenvalue weighted by Crippen LogP contribution is -2.12. The summed E-state index contributed by atoms with van der Waals surface area (Å²) >= 11 is 3.38. The average Bonchev–Trinajstić information content (AvgIpc) is 2.55. The number of benzene rings is 2. The zero-order valence-electron chi connectivity index (χ0n) is 11.8. The summed E-state index contributed by atoms with van der Waals surface area (Å²) in [4.78, 5) is 16.7. The molecule has 0 radical (unpaired) electrons. The number of hydrogen-bond donors (Lipinski definition) is 1. The van der Waals surface area contributed by atoms with E-state index in [2.05, 4.69) is 26.2 Å². The number of halogens is 1. The van der Waals surface area contributed by atoms with Gasteiger partial charge in [0.2, 0.25) is 0 Å². The molecule has 5 heteroatoms. The van der Waals surface area contributed by atoms with Gasteiger partial charge < -0.3 is 10.1 Å². The number of nitrogens with zero attached hydrogens (tertiary/aromatic N) is 1. The fourth-order valence-electron chi connectivity index (χ4n) is 2.21. The Balaban J connectivity index is 1.92. The van der Waals surface area contributed by atoms with E-state index in [4.69, 9.17) is 4.74 Å². The summed E-state index contributed by atoms with van der Waals surface area (Å²) in [5.74, 6) is 0.491. The molecule has 110 valence electrons. The molecule has 1 amide bonds. The van der Waals surface area contributed by atoms with Gasteiger partial charge >= 0.3 is 0 Å². The number of pyridine rings is 1. The third-order valence-electron chi connectivity index (χ3n) is 3.29. The second-order valence-electron chi connectivity index (χ2n) is 4.68. The van der Waals surface area contributed by atoms with E-state index in [1.807, 2.05) is 30.3 Å². The first kappa shape index (κ1) is 14.5. The molecule has 0 aliphatic heterocycles. The molecular formula is C17H13BrN2O2. The Kier molecular flexibility index (Phi) is 4.06. The summed E-state index contributed by atoms with van der Waals surface area (Å²) in [5.41, 5.74) is 2.00. The van der Waals surface area contributed by atoms with Gasteiger partial charge in [-0.05, 0) is 46.3 Å². The van der Waals surface area contributed by atoms with Crippen LogP contribution in [0.3, 0.4) is 0 Å². The maximum atomic E-state index is 12.4. The quantitative estimate of drug-likeness (QED) is 0.762. The van der Waals surface area contributed by atoms with Crippen LogP contribution in [0, 0.1) is 0 Å². The maximum absolute atomic E-state index is 12.4. The van der Waals surface area contributed by atoms with Crippen molar-refractivity contribution in [2.75, 3.05) is 12.4 Å². The molecular weight excluding hydrogens is 344 g/mol. The first-order valence-electron chi connectivity index (χ1n) is 6.67. The Labute approximate surface area is 136 Å². The molecule has 1 N–H and O–H groups in total. The fourth-order valence-corrected chi connectivity index (χ4v) is 2.75. The number of rotatable bonds is 3. The van der Waals surface area contributed by atoms with Gasteiger partial charge in [0.1, 0.15) is 5.75 Å². The highest BCUT2D eigenvalue weighted by Gasteiger charge is 2.11. The molecule has 0 atom stereocenters. The summed E-state index contributed by atoms with van der Waals surface area (Å²) in [6.45, 7) is 0. The molecule has 2 aromatic carbocycles. The molecule has 1 aromatic heterocycles. The van der Waals surface area contributed by atoms with Crippen LogP contribution in [-0.2, 0) is 0 Å². The predicted octanol–water partition coefficient (Wildman–Crippen LogP) is 4.26. The van der Waals surface area contributed by atoms with Crippen molar-refractivity contribution < 1.29 is 9.53 Å². The Bertz CT molecular complexity index is 844. The van der Waals surface area contributed by atoms with Crippen molar-refractivity contribution in [3.8, 4) is 5.75 Å². The van der Waals surface area contributed by atoms with Crippen molar-refractivity contribution in [1.82, 2.24) is 4.98 Å². The Morgan fingerprint density at radius 2 is 2.00 bits per heavy atom. The number of amides is 1. The van der Waals surface area contributed by atoms with Crippen LogP contribution in [0.2, 0.25) is 0 Å². The molecule has 0 saturated carbocycles. The van der Waals surface area contributed by atoms with E-state index in [1.54, 1.807) is 31.5 Å². The Morgan fingerprint density at radius 1 is 1.18 bits per heavy atom. The fraction of sp³-hybridized carbons (Fsp3) is 0.0588. The second-order valence-corrected chi connectivity index (χ2v) is 5.54. The predicted molar refractivity (Wildman–Crippen MR) is 90.4 cm³/mol. The summed E-state index contributed by atoms with van der Waals surface area (Å²) in [6, 6.07) is 14.7. The zero-order valence-corrected chi connectivity index (χ0v) is 13.4. The van der Waals surface area contributed by atoms with E-state index < -0.39 is 0 Å². The number of ether oxygens (including phenoxy) is 1. The number of hydrogen-bond acceptors (Lipinski definition) is 3. The van der Waals surface area contributed by atoms with Gasteiger partial charge in [-0.15, -0.1) is 0 Å². The number of nitrogens with one attached hydrogen (secondary N) is 1. The molecule has 0 fully saturated rings. The van der Waals surface area contributed by atoms with Crippen LogP contribution in [0.1, 0.15) is 10.4 Å². The summed E-state index contributed by atoms with van der Waals surface area (Å²) in [6.07, 6.45) is 1.71. The van der Waals surface area contributed by atoms with Crippen LogP contribution in [-0.4, -0.2) is 18.0 Å². The molecule has 3 rings (SSSR count).